The molecule has 3 heterocycles. The van der Waals surface area contributed by atoms with Crippen molar-refractivity contribution < 1.29 is 30.2 Å². The van der Waals surface area contributed by atoms with Crippen molar-refractivity contribution >= 4 is 44.6 Å². The first kappa shape index (κ1) is 43.7. The Bertz CT molecular complexity index is 3160. The number of fused-ring (bicyclic) bond motifs is 4. The Morgan fingerprint density at radius 1 is 0.615 bits per heavy atom. The first-order chi connectivity index (χ1) is 30.9. The number of halogens is 1. The third kappa shape index (κ3) is 8.14. The Balaban J connectivity index is 0.00000533. The van der Waals surface area contributed by atoms with Gasteiger partial charge in [0.25, 0.3) is 0 Å². The number of nitrogens with zero attached hydrogens (tertiary/aromatic N) is 4. The fourth-order valence-corrected chi connectivity index (χ4v) is 8.99. The van der Waals surface area contributed by atoms with E-state index in [1.807, 2.05) is 42.6 Å². The summed E-state index contributed by atoms with van der Waals surface area (Å²) >= 11 is 0. The van der Waals surface area contributed by atoms with Crippen molar-refractivity contribution in [2.45, 2.75) is 65.7 Å². The number of pyridine rings is 1. The monoisotopic (exact) mass is 1030 g/mol. The Labute approximate surface area is 396 Å². The predicted octanol–water partition coefficient (Wildman–Crippen LogP) is 16.0. The third-order valence-corrected chi connectivity index (χ3v) is 12.3. The summed E-state index contributed by atoms with van der Waals surface area (Å²) in [5.74, 6) is 2.04. The molecule has 0 bridgehead atoms. The molecular weight excluding hydrogens is 983 g/mol. The van der Waals surface area contributed by atoms with Crippen LogP contribution in [0.5, 0.6) is 11.5 Å². The quantitative estimate of drug-likeness (QED) is 0.135. The molecule has 0 aliphatic carbocycles. The molecule has 0 saturated heterocycles. The number of para-hydroxylation sites is 3. The summed E-state index contributed by atoms with van der Waals surface area (Å²) in [6.45, 7) is 17.7. The molecule has 328 valence electrons. The largest absolute Gasteiger partial charge is 0.509 e. The van der Waals surface area contributed by atoms with Gasteiger partial charge in [-0.15, -0.1) is 53.6 Å². The Morgan fingerprint density at radius 2 is 1.28 bits per heavy atom. The Morgan fingerprint density at radius 3 is 1.95 bits per heavy atom. The molecule has 9 aromatic rings. The maximum absolute atomic E-state index is 15.3. The summed E-state index contributed by atoms with van der Waals surface area (Å²) < 4.78 is 24.3. The van der Waals surface area contributed by atoms with Crippen molar-refractivity contribution in [3.8, 4) is 39.6 Å². The fraction of sp³-hybridized carbons (Fsp3) is 0.172. The molecule has 0 radical (unpaired) electrons. The van der Waals surface area contributed by atoms with Gasteiger partial charge in [-0.3, -0.25) is 0 Å². The van der Waals surface area contributed by atoms with Crippen LogP contribution in [-0.4, -0.2) is 9.55 Å². The van der Waals surface area contributed by atoms with Crippen molar-refractivity contribution in [2.75, 3.05) is 9.80 Å². The average molecular weight is 1030 g/mol. The topological polar surface area (TPSA) is 33.5 Å². The van der Waals surface area contributed by atoms with Crippen LogP contribution in [0.4, 0.5) is 27.1 Å². The van der Waals surface area contributed by atoms with Crippen LogP contribution in [0.25, 0.3) is 49.9 Å². The maximum Gasteiger partial charge on any atom is 0.135 e. The van der Waals surface area contributed by atoms with E-state index >= 15 is 4.39 Å². The first-order valence-corrected chi connectivity index (χ1v) is 22.1. The van der Waals surface area contributed by atoms with Crippen LogP contribution in [0.2, 0.25) is 0 Å². The summed E-state index contributed by atoms with van der Waals surface area (Å²) in [4.78, 5) is 9.24. The number of aromatic nitrogens is 2. The number of benzene rings is 7. The zero-order valence-corrected chi connectivity index (χ0v) is 39.9. The molecule has 5 nitrogen and oxygen atoms in total. The van der Waals surface area contributed by atoms with Gasteiger partial charge in [-0.1, -0.05) is 133 Å². The summed E-state index contributed by atoms with van der Waals surface area (Å²) in [5.41, 5.74) is 13.1. The summed E-state index contributed by atoms with van der Waals surface area (Å²) in [6, 6.07) is 58.7. The molecule has 7 aromatic carbocycles. The predicted molar refractivity (Wildman–Crippen MR) is 262 cm³/mol. The van der Waals surface area contributed by atoms with Gasteiger partial charge in [0.15, 0.2) is 0 Å². The van der Waals surface area contributed by atoms with Gasteiger partial charge in [0, 0.05) is 66.9 Å². The smallest absolute Gasteiger partial charge is 0.135 e. The Kier molecular flexibility index (Phi) is 11.8. The van der Waals surface area contributed by atoms with Crippen molar-refractivity contribution in [3.05, 3.63) is 199 Å². The van der Waals surface area contributed by atoms with Crippen LogP contribution in [-0.2, 0) is 26.5 Å². The van der Waals surface area contributed by atoms with Crippen LogP contribution < -0.4 is 14.5 Å². The van der Waals surface area contributed by atoms with Gasteiger partial charge >= 0.3 is 0 Å². The normalized spacial score (nSPS) is 12.6. The van der Waals surface area contributed by atoms with E-state index in [4.69, 9.17) is 9.72 Å². The molecule has 65 heavy (non-hydrogen) atoms. The van der Waals surface area contributed by atoms with Crippen molar-refractivity contribution in [2.24, 2.45) is 0 Å². The van der Waals surface area contributed by atoms with E-state index in [9.17, 15) is 0 Å². The second kappa shape index (κ2) is 17.5. The van der Waals surface area contributed by atoms with Gasteiger partial charge in [-0.25, -0.2) is 9.37 Å². The van der Waals surface area contributed by atoms with E-state index in [-0.39, 0.29) is 44.1 Å². The molecule has 0 N–H and O–H groups in total. The van der Waals surface area contributed by atoms with E-state index < -0.39 is 0 Å². The van der Waals surface area contributed by atoms with E-state index in [1.165, 1.54) is 11.6 Å². The minimum Gasteiger partial charge on any atom is -0.509 e. The van der Waals surface area contributed by atoms with E-state index in [0.29, 0.717) is 17.1 Å². The zero-order chi connectivity index (χ0) is 44.3. The van der Waals surface area contributed by atoms with Gasteiger partial charge in [0.05, 0.1) is 0 Å². The van der Waals surface area contributed by atoms with Gasteiger partial charge < -0.3 is 19.1 Å². The second-order valence-electron chi connectivity index (χ2n) is 18.3. The van der Waals surface area contributed by atoms with Crippen LogP contribution in [0.3, 0.4) is 0 Å². The van der Waals surface area contributed by atoms with Crippen molar-refractivity contribution in [3.63, 3.8) is 0 Å². The summed E-state index contributed by atoms with van der Waals surface area (Å²) in [7, 11) is 0. The van der Waals surface area contributed by atoms with E-state index in [0.717, 1.165) is 78.2 Å². The first-order valence-electron chi connectivity index (χ1n) is 22.1. The Hall–Kier alpha value is -6.49. The second-order valence-corrected chi connectivity index (χ2v) is 18.3. The molecule has 0 unspecified atom stereocenters. The molecule has 0 atom stereocenters. The van der Waals surface area contributed by atoms with Crippen molar-refractivity contribution in [1.29, 1.82) is 0 Å². The minimum absolute atomic E-state index is 0. The van der Waals surface area contributed by atoms with Gasteiger partial charge in [0.1, 0.15) is 11.6 Å². The third-order valence-electron chi connectivity index (χ3n) is 12.3. The molecule has 0 amide bonds. The average Bonchev–Trinajstić information content (AvgIpc) is 3.84. The summed E-state index contributed by atoms with van der Waals surface area (Å²) in [5, 5.41) is 2.19. The van der Waals surface area contributed by atoms with E-state index in [2.05, 4.69) is 185 Å². The maximum atomic E-state index is 15.3. The van der Waals surface area contributed by atoms with Crippen LogP contribution in [0.15, 0.2) is 158 Å². The molecule has 0 saturated carbocycles. The molecule has 1 aliphatic rings. The van der Waals surface area contributed by atoms with Crippen LogP contribution in [0.1, 0.15) is 77.0 Å². The summed E-state index contributed by atoms with van der Waals surface area (Å²) in [6.07, 6.45) is 1.81. The van der Waals surface area contributed by atoms with Gasteiger partial charge in [0.2, 0.25) is 0 Å². The molecule has 1 aliphatic heterocycles. The minimum atomic E-state index is -0.224. The molecule has 2 aromatic heterocycles. The standard InChI is InChI=1S/C58H50FN4O.Pt/c1-37(2)49-32-41(46-16-8-10-18-51(46)59)33-50(38(3)4)57(49)62-36-61(53-20-12-13-21-54(53)62)43-30-40(39-23-25-42(26-24-39)58(5,6)7)31-45(34-43)64-44-27-28-48-47-17-9-11-19-52(47)63(55(48)35-44)56-22-14-15-29-60-56;/h8-33,36-38H,1-7H3;/q-3;. The van der Waals surface area contributed by atoms with Crippen molar-refractivity contribution in [1.82, 2.24) is 9.55 Å². The van der Waals surface area contributed by atoms with Crippen LogP contribution >= 0.6 is 0 Å². The number of hydrogen-bond donors (Lipinski definition) is 0. The van der Waals surface area contributed by atoms with Crippen LogP contribution in [0, 0.1) is 24.6 Å². The van der Waals surface area contributed by atoms with Gasteiger partial charge in [-0.2, -0.15) is 6.07 Å². The molecule has 0 fully saturated rings. The number of hydrogen-bond acceptors (Lipinski definition) is 4. The number of rotatable bonds is 9. The molecule has 7 heteroatoms. The zero-order valence-electron chi connectivity index (χ0n) is 37.6. The van der Waals surface area contributed by atoms with E-state index in [1.54, 1.807) is 6.07 Å². The SMILES string of the molecule is CC(C)c1cc(-c2ccccc2F)cc(C(C)C)c1N1[CH-]N(c2[c-]c(Oc3[c-]c4c(cc3)c3ccccc3n4-c3ccccn3)cc(-c3ccc(C(C)(C)C)cc3)c2)c2ccccc21.[Pt]. The van der Waals surface area contributed by atoms with Gasteiger partial charge in [-0.05, 0) is 99.0 Å². The molecule has 10 rings (SSSR count). The fourth-order valence-electron chi connectivity index (χ4n) is 8.99. The molecular formula is C58H50FN4OPt-3. The molecule has 0 spiro atoms. The number of anilines is 4. The number of ether oxygens (including phenoxy) is 1.